The molecule has 2 nitrogen and oxygen atoms in total. The van der Waals surface area contributed by atoms with E-state index in [1.807, 2.05) is 16.9 Å². The Morgan fingerprint density at radius 2 is 1.71 bits per heavy atom. The second-order valence-electron chi connectivity index (χ2n) is 5.58. The Labute approximate surface area is 104 Å². The fourth-order valence-electron chi connectivity index (χ4n) is 1.85. The van der Waals surface area contributed by atoms with Crippen LogP contribution in [-0.2, 0) is 6.54 Å². The largest absolute Gasteiger partial charge is 0.265 e. The van der Waals surface area contributed by atoms with E-state index in [1.165, 1.54) is 16.4 Å². The molecule has 1 aromatic carbocycles. The van der Waals surface area contributed by atoms with Crippen LogP contribution in [-0.4, -0.2) is 17.9 Å². The molecule has 0 aliphatic heterocycles. The van der Waals surface area contributed by atoms with Gasteiger partial charge in [-0.15, -0.1) is 0 Å². The van der Waals surface area contributed by atoms with Gasteiger partial charge in [0.2, 0.25) is 0 Å². The van der Waals surface area contributed by atoms with Crippen LogP contribution >= 0.6 is 0 Å². The summed E-state index contributed by atoms with van der Waals surface area (Å²) in [5, 5.41) is 5.82. The summed E-state index contributed by atoms with van der Waals surface area (Å²) in [6, 6.07) is 11.1. The van der Waals surface area contributed by atoms with Crippen LogP contribution in [0.1, 0.15) is 11.3 Å². The molecular weight excluding hydrogens is 224 g/mol. The van der Waals surface area contributed by atoms with E-state index in [1.54, 1.807) is 0 Å². The van der Waals surface area contributed by atoms with Crippen LogP contribution in [0.4, 0.5) is 0 Å². The lowest BCUT2D eigenvalue weighted by atomic mass is 10.2. The molecule has 0 spiro atoms. The first-order valence-electron chi connectivity index (χ1n) is 6.04. The lowest BCUT2D eigenvalue weighted by Crippen LogP contribution is -2.37. The molecule has 17 heavy (non-hydrogen) atoms. The van der Waals surface area contributed by atoms with Gasteiger partial charge in [-0.25, -0.2) is 0 Å². The highest BCUT2D eigenvalue weighted by Gasteiger charge is 2.15. The highest BCUT2D eigenvalue weighted by Crippen LogP contribution is 2.07. The van der Waals surface area contributed by atoms with Crippen molar-refractivity contribution < 1.29 is 0 Å². The molecule has 0 radical (unpaired) electrons. The minimum absolute atomic E-state index is 0.866. The summed E-state index contributed by atoms with van der Waals surface area (Å²) >= 11 is 0. The van der Waals surface area contributed by atoms with Crippen molar-refractivity contribution in [2.24, 2.45) is 0 Å². The van der Waals surface area contributed by atoms with Gasteiger partial charge in [0.25, 0.3) is 0 Å². The van der Waals surface area contributed by atoms with Gasteiger partial charge in [-0.05, 0) is 18.6 Å². The van der Waals surface area contributed by atoms with Crippen molar-refractivity contribution in [3.63, 3.8) is 0 Å². The summed E-state index contributed by atoms with van der Waals surface area (Å²) in [6.45, 7) is 10.1. The molecule has 90 valence electrons. The van der Waals surface area contributed by atoms with Crippen molar-refractivity contribution in [1.29, 1.82) is 0 Å². The van der Waals surface area contributed by atoms with Gasteiger partial charge in [0.05, 0.1) is 14.6 Å². The van der Waals surface area contributed by atoms with Gasteiger partial charge in [0.15, 0.2) is 0 Å². The quantitative estimate of drug-likeness (QED) is 0.759. The highest BCUT2D eigenvalue weighted by molar-refractivity contribution is 6.88. The van der Waals surface area contributed by atoms with Crippen LogP contribution in [0, 0.1) is 6.92 Å². The van der Waals surface area contributed by atoms with Gasteiger partial charge in [-0.2, -0.15) is 5.10 Å². The van der Waals surface area contributed by atoms with Crippen molar-refractivity contribution in [2.45, 2.75) is 33.1 Å². The molecule has 0 saturated heterocycles. The topological polar surface area (TPSA) is 17.8 Å². The number of aromatic nitrogens is 2. The molecule has 0 amide bonds. The van der Waals surface area contributed by atoms with Gasteiger partial charge in [-0.1, -0.05) is 49.1 Å². The average molecular weight is 244 g/mol. The number of rotatable bonds is 3. The maximum atomic E-state index is 4.31. The van der Waals surface area contributed by atoms with E-state index in [-0.39, 0.29) is 0 Å². The highest BCUT2D eigenvalue weighted by atomic mass is 28.3. The molecular formula is C14H20N2Si. The van der Waals surface area contributed by atoms with E-state index in [9.17, 15) is 0 Å². The third kappa shape index (κ3) is 2.85. The molecule has 2 rings (SSSR count). The molecule has 1 aromatic heterocycles. The molecule has 0 atom stereocenters. The van der Waals surface area contributed by atoms with Crippen LogP contribution in [0.2, 0.25) is 19.6 Å². The van der Waals surface area contributed by atoms with E-state index >= 15 is 0 Å². The van der Waals surface area contributed by atoms with Gasteiger partial charge >= 0.3 is 0 Å². The molecule has 0 unspecified atom stereocenters. The molecule has 3 heteroatoms. The van der Waals surface area contributed by atoms with E-state index < -0.39 is 8.07 Å². The van der Waals surface area contributed by atoms with Gasteiger partial charge in [0, 0.05) is 11.9 Å². The SMILES string of the molecule is Cc1ccnn1Cc1ccc([Si](C)(C)C)cc1. The van der Waals surface area contributed by atoms with Crippen LogP contribution in [0.15, 0.2) is 36.5 Å². The number of hydrogen-bond acceptors (Lipinski definition) is 1. The smallest absolute Gasteiger partial charge is 0.0775 e. The Bertz CT molecular complexity index is 492. The monoisotopic (exact) mass is 244 g/mol. The van der Waals surface area contributed by atoms with E-state index in [4.69, 9.17) is 0 Å². The maximum Gasteiger partial charge on any atom is 0.0775 e. The maximum absolute atomic E-state index is 4.31. The van der Waals surface area contributed by atoms with Gasteiger partial charge in [0.1, 0.15) is 0 Å². The lowest BCUT2D eigenvalue weighted by molar-refractivity contribution is 0.665. The molecule has 0 fully saturated rings. The third-order valence-corrected chi connectivity index (χ3v) is 5.15. The van der Waals surface area contributed by atoms with Gasteiger partial charge in [-0.3, -0.25) is 4.68 Å². The van der Waals surface area contributed by atoms with E-state index in [0.717, 1.165) is 6.54 Å². The Morgan fingerprint density at radius 3 is 2.18 bits per heavy atom. The fraction of sp³-hybridized carbons (Fsp3) is 0.357. The first-order valence-corrected chi connectivity index (χ1v) is 9.54. The number of hydrogen-bond donors (Lipinski definition) is 0. The second-order valence-corrected chi connectivity index (χ2v) is 10.7. The minimum atomic E-state index is -1.17. The fourth-order valence-corrected chi connectivity index (χ4v) is 3.01. The number of nitrogens with zero attached hydrogens (tertiary/aromatic N) is 2. The average Bonchev–Trinajstić information content (AvgIpc) is 2.64. The molecule has 0 saturated carbocycles. The zero-order chi connectivity index (χ0) is 12.5. The zero-order valence-corrected chi connectivity index (χ0v) is 12.1. The van der Waals surface area contributed by atoms with Crippen molar-refractivity contribution in [3.05, 3.63) is 47.8 Å². The third-order valence-electron chi connectivity index (χ3n) is 3.08. The molecule has 0 bridgehead atoms. The summed E-state index contributed by atoms with van der Waals surface area (Å²) in [4.78, 5) is 0. The van der Waals surface area contributed by atoms with Crippen LogP contribution < -0.4 is 5.19 Å². The molecule has 0 aliphatic carbocycles. The molecule has 1 heterocycles. The Morgan fingerprint density at radius 1 is 1.06 bits per heavy atom. The predicted octanol–water partition coefficient (Wildman–Crippen LogP) is 2.79. The van der Waals surface area contributed by atoms with E-state index in [2.05, 4.69) is 55.9 Å². The summed E-state index contributed by atoms with van der Waals surface area (Å²) in [5.41, 5.74) is 2.53. The van der Waals surface area contributed by atoms with Crippen LogP contribution in [0.3, 0.4) is 0 Å². The molecule has 0 aliphatic rings. The first kappa shape index (κ1) is 12.1. The van der Waals surface area contributed by atoms with Crippen molar-refractivity contribution >= 4 is 13.3 Å². The summed E-state index contributed by atoms with van der Waals surface area (Å²) in [7, 11) is -1.17. The van der Waals surface area contributed by atoms with Crippen molar-refractivity contribution in [3.8, 4) is 0 Å². The van der Waals surface area contributed by atoms with Crippen molar-refractivity contribution in [1.82, 2.24) is 9.78 Å². The van der Waals surface area contributed by atoms with E-state index in [0.29, 0.717) is 0 Å². The summed E-state index contributed by atoms with van der Waals surface area (Å²) in [5.74, 6) is 0. The number of benzene rings is 1. The Kier molecular flexibility index (Phi) is 3.20. The normalized spacial score (nSPS) is 11.8. The second kappa shape index (κ2) is 4.49. The molecule has 2 aromatic rings. The van der Waals surface area contributed by atoms with Crippen LogP contribution in [0.5, 0.6) is 0 Å². The minimum Gasteiger partial charge on any atom is -0.265 e. The molecule has 0 N–H and O–H groups in total. The Hall–Kier alpha value is -1.35. The summed E-state index contributed by atoms with van der Waals surface area (Å²) in [6.07, 6.45) is 1.85. The number of aryl methyl sites for hydroxylation is 1. The van der Waals surface area contributed by atoms with Crippen molar-refractivity contribution in [2.75, 3.05) is 0 Å². The summed E-state index contributed by atoms with van der Waals surface area (Å²) < 4.78 is 2.03. The first-order chi connectivity index (χ1) is 7.97. The Balaban J connectivity index is 2.17. The lowest BCUT2D eigenvalue weighted by Gasteiger charge is -2.16. The predicted molar refractivity (Wildman–Crippen MR) is 75.5 cm³/mol. The zero-order valence-electron chi connectivity index (χ0n) is 11.1. The van der Waals surface area contributed by atoms with Crippen LogP contribution in [0.25, 0.3) is 0 Å². The standard InChI is InChI=1S/C14H20N2Si/c1-12-9-10-15-16(12)11-13-5-7-14(8-6-13)17(2,3)4/h5-10H,11H2,1-4H3. The van der Waals surface area contributed by atoms with Gasteiger partial charge < -0.3 is 0 Å².